The van der Waals surface area contributed by atoms with Crippen molar-refractivity contribution in [2.24, 2.45) is 0 Å². The number of hydrogen-bond donors (Lipinski definition) is 2. The maximum absolute atomic E-state index is 13.2. The third kappa shape index (κ3) is 6.25. The highest BCUT2D eigenvalue weighted by molar-refractivity contribution is 7.18. The van der Waals surface area contributed by atoms with Gasteiger partial charge in [-0.1, -0.05) is 17.7 Å². The number of anilines is 1. The van der Waals surface area contributed by atoms with Crippen LogP contribution < -0.4 is 15.4 Å². The summed E-state index contributed by atoms with van der Waals surface area (Å²) < 4.78 is 23.5. The molecule has 0 saturated heterocycles. The molecule has 2 amide bonds. The number of methoxy groups -OCH3 is 1. The maximum Gasteiger partial charge on any atom is 0.261 e. The van der Waals surface area contributed by atoms with Gasteiger partial charge in [0.1, 0.15) is 12.4 Å². The van der Waals surface area contributed by atoms with Gasteiger partial charge in [0.25, 0.3) is 11.8 Å². The summed E-state index contributed by atoms with van der Waals surface area (Å²) in [5.41, 5.74) is 1.67. The third-order valence-corrected chi connectivity index (χ3v) is 5.79. The molecule has 0 aliphatic carbocycles. The number of ether oxygens (including phenoxy) is 2. The highest BCUT2D eigenvalue weighted by Crippen LogP contribution is 2.28. The lowest BCUT2D eigenvalue weighted by Gasteiger charge is -2.07. The van der Waals surface area contributed by atoms with E-state index in [0.717, 1.165) is 29.0 Å². The molecule has 0 aliphatic heterocycles. The summed E-state index contributed by atoms with van der Waals surface area (Å²) in [6.07, 6.45) is 1.63. The molecule has 0 spiro atoms. The Morgan fingerprint density at radius 2 is 1.97 bits per heavy atom. The monoisotopic (exact) mass is 477 g/mol. The van der Waals surface area contributed by atoms with E-state index in [2.05, 4.69) is 15.6 Å². The zero-order valence-corrected chi connectivity index (χ0v) is 19.0. The van der Waals surface area contributed by atoms with Crippen molar-refractivity contribution in [3.05, 3.63) is 75.0 Å². The molecule has 2 heterocycles. The molecule has 2 N–H and O–H groups in total. The Labute approximate surface area is 193 Å². The standard InChI is InChI=1S/C22H21ClFN3O4S/c1-13-9-19(27-21(28)16-5-4-15(24)10-17(16)23)32-20(13)22(29)26-12-14-3-6-18(25-11-14)31-8-7-30-2/h3-6,9-11H,7-8,12H2,1-2H3,(H,26,29)(H,27,28). The van der Waals surface area contributed by atoms with Gasteiger partial charge in [-0.2, -0.15) is 0 Å². The number of aromatic nitrogens is 1. The van der Waals surface area contributed by atoms with Gasteiger partial charge < -0.3 is 20.1 Å². The predicted molar refractivity (Wildman–Crippen MR) is 121 cm³/mol. The second kappa shape index (κ2) is 11.0. The molecule has 1 aromatic carbocycles. The molecule has 0 saturated carbocycles. The lowest BCUT2D eigenvalue weighted by Crippen LogP contribution is -2.22. The SMILES string of the molecule is COCCOc1ccc(CNC(=O)c2sc(NC(=O)c3ccc(F)cc3Cl)cc2C)cn1. The van der Waals surface area contributed by atoms with Crippen LogP contribution in [0.25, 0.3) is 0 Å². The number of benzene rings is 1. The molecule has 3 rings (SSSR count). The average Bonchev–Trinajstić information content (AvgIpc) is 3.13. The van der Waals surface area contributed by atoms with E-state index in [9.17, 15) is 14.0 Å². The predicted octanol–water partition coefficient (Wildman–Crippen LogP) is 4.45. The number of amides is 2. The van der Waals surface area contributed by atoms with Crippen molar-refractivity contribution in [1.82, 2.24) is 10.3 Å². The summed E-state index contributed by atoms with van der Waals surface area (Å²) in [7, 11) is 1.59. The van der Waals surface area contributed by atoms with Crippen molar-refractivity contribution in [1.29, 1.82) is 0 Å². The van der Waals surface area contributed by atoms with Gasteiger partial charge in [0.2, 0.25) is 5.88 Å². The Kier molecular flexibility index (Phi) is 8.15. The number of nitrogens with one attached hydrogen (secondary N) is 2. The molecule has 0 fully saturated rings. The van der Waals surface area contributed by atoms with E-state index >= 15 is 0 Å². The number of rotatable bonds is 9. The van der Waals surface area contributed by atoms with Crippen LogP contribution >= 0.6 is 22.9 Å². The van der Waals surface area contributed by atoms with Gasteiger partial charge in [0.15, 0.2) is 0 Å². The normalized spacial score (nSPS) is 10.6. The number of thiophene rings is 1. The first-order chi connectivity index (χ1) is 15.4. The molecule has 168 valence electrons. The van der Waals surface area contributed by atoms with Crippen molar-refractivity contribution >= 4 is 39.8 Å². The number of carbonyl (C=O) groups is 2. The van der Waals surface area contributed by atoms with Crippen LogP contribution in [0.1, 0.15) is 31.2 Å². The van der Waals surface area contributed by atoms with E-state index in [0.29, 0.717) is 34.5 Å². The summed E-state index contributed by atoms with van der Waals surface area (Å²) in [6, 6.07) is 8.77. The fourth-order valence-corrected chi connectivity index (χ4v) is 3.95. The summed E-state index contributed by atoms with van der Waals surface area (Å²) in [6.45, 7) is 2.94. The third-order valence-electron chi connectivity index (χ3n) is 4.32. The Bertz CT molecular complexity index is 1110. The van der Waals surface area contributed by atoms with E-state index in [4.69, 9.17) is 21.1 Å². The fraction of sp³-hybridized carbons (Fsp3) is 0.227. The number of hydrogen-bond acceptors (Lipinski definition) is 6. The van der Waals surface area contributed by atoms with E-state index in [1.807, 2.05) is 6.07 Å². The van der Waals surface area contributed by atoms with Crippen LogP contribution in [0.2, 0.25) is 5.02 Å². The molecule has 0 radical (unpaired) electrons. The molecule has 3 aromatic rings. The van der Waals surface area contributed by atoms with E-state index < -0.39 is 11.7 Å². The maximum atomic E-state index is 13.2. The Morgan fingerprint density at radius 3 is 2.66 bits per heavy atom. The van der Waals surface area contributed by atoms with Crippen LogP contribution in [-0.2, 0) is 11.3 Å². The first-order valence-electron chi connectivity index (χ1n) is 9.59. The number of pyridine rings is 1. The lowest BCUT2D eigenvalue weighted by molar-refractivity contribution is 0.0953. The average molecular weight is 478 g/mol. The molecular formula is C22H21ClFN3O4S. The highest BCUT2D eigenvalue weighted by atomic mass is 35.5. The minimum Gasteiger partial charge on any atom is -0.475 e. The van der Waals surface area contributed by atoms with E-state index in [1.54, 1.807) is 32.4 Å². The number of nitrogens with zero attached hydrogens (tertiary/aromatic N) is 1. The van der Waals surface area contributed by atoms with Crippen LogP contribution in [-0.4, -0.2) is 37.1 Å². The Balaban J connectivity index is 1.58. The largest absolute Gasteiger partial charge is 0.475 e. The van der Waals surface area contributed by atoms with Crippen LogP contribution in [0.4, 0.5) is 9.39 Å². The molecule has 0 unspecified atom stereocenters. The summed E-state index contributed by atoms with van der Waals surface area (Å²) in [5, 5.41) is 6.03. The van der Waals surface area contributed by atoms with Crippen LogP contribution in [0, 0.1) is 12.7 Å². The first-order valence-corrected chi connectivity index (χ1v) is 10.8. The molecular weight excluding hydrogens is 457 g/mol. The molecule has 7 nitrogen and oxygen atoms in total. The summed E-state index contributed by atoms with van der Waals surface area (Å²) in [4.78, 5) is 29.7. The highest BCUT2D eigenvalue weighted by Gasteiger charge is 2.17. The quantitative estimate of drug-likeness (QED) is 0.444. The smallest absolute Gasteiger partial charge is 0.261 e. The molecule has 2 aromatic heterocycles. The van der Waals surface area contributed by atoms with Gasteiger partial charge in [-0.15, -0.1) is 11.3 Å². The number of aryl methyl sites for hydroxylation is 1. The lowest BCUT2D eigenvalue weighted by atomic mass is 10.2. The molecule has 32 heavy (non-hydrogen) atoms. The van der Waals surface area contributed by atoms with Crippen LogP contribution in [0.15, 0.2) is 42.6 Å². The van der Waals surface area contributed by atoms with Crippen molar-refractivity contribution < 1.29 is 23.5 Å². The van der Waals surface area contributed by atoms with Crippen LogP contribution in [0.5, 0.6) is 5.88 Å². The summed E-state index contributed by atoms with van der Waals surface area (Å²) in [5.74, 6) is -0.802. The molecule has 0 aliphatic rings. The first kappa shape index (κ1) is 23.6. The number of halogens is 2. The minimum atomic E-state index is -0.527. The zero-order chi connectivity index (χ0) is 23.1. The Morgan fingerprint density at radius 1 is 1.16 bits per heavy atom. The van der Waals surface area contributed by atoms with Gasteiger partial charge in [0.05, 0.1) is 27.1 Å². The van der Waals surface area contributed by atoms with E-state index in [-0.39, 0.29) is 23.0 Å². The van der Waals surface area contributed by atoms with Crippen molar-refractivity contribution in [3.63, 3.8) is 0 Å². The summed E-state index contributed by atoms with van der Waals surface area (Å²) >= 11 is 7.08. The topological polar surface area (TPSA) is 89.5 Å². The second-order valence-corrected chi connectivity index (χ2v) is 8.19. The fourth-order valence-electron chi connectivity index (χ4n) is 2.72. The zero-order valence-electron chi connectivity index (χ0n) is 17.4. The van der Waals surface area contributed by atoms with Crippen LogP contribution in [0.3, 0.4) is 0 Å². The van der Waals surface area contributed by atoms with E-state index in [1.165, 1.54) is 6.07 Å². The molecule has 10 heteroatoms. The molecule has 0 atom stereocenters. The van der Waals surface area contributed by atoms with Gasteiger partial charge in [0, 0.05) is 25.9 Å². The van der Waals surface area contributed by atoms with Crippen molar-refractivity contribution in [2.75, 3.05) is 25.6 Å². The van der Waals surface area contributed by atoms with Gasteiger partial charge >= 0.3 is 0 Å². The Hall–Kier alpha value is -3.01. The van der Waals surface area contributed by atoms with Gasteiger partial charge in [-0.25, -0.2) is 9.37 Å². The number of carbonyl (C=O) groups excluding carboxylic acids is 2. The second-order valence-electron chi connectivity index (χ2n) is 6.73. The van der Waals surface area contributed by atoms with Crippen molar-refractivity contribution in [3.8, 4) is 5.88 Å². The minimum absolute atomic E-state index is 0.0115. The molecule has 0 bridgehead atoms. The van der Waals surface area contributed by atoms with Gasteiger partial charge in [-0.05, 0) is 42.3 Å². The van der Waals surface area contributed by atoms with Crippen molar-refractivity contribution in [2.45, 2.75) is 13.5 Å². The van der Waals surface area contributed by atoms with Gasteiger partial charge in [-0.3, -0.25) is 9.59 Å².